The highest BCUT2D eigenvalue weighted by Crippen LogP contribution is 2.40. The van der Waals surface area contributed by atoms with Crippen LogP contribution in [0, 0.1) is 3.57 Å². The molecule has 6 rings (SSSR count). The van der Waals surface area contributed by atoms with E-state index in [1.165, 1.54) is 39.4 Å². The monoisotopic (exact) mass is 852 g/mol. The Kier molecular flexibility index (Phi) is 11.2. The number of hydrogen-bond acceptors (Lipinski definition) is 11. The lowest BCUT2D eigenvalue weighted by molar-refractivity contribution is 0.396. The molecule has 0 bridgehead atoms. The van der Waals surface area contributed by atoms with E-state index in [-0.39, 0.29) is 36.0 Å². The van der Waals surface area contributed by atoms with Crippen molar-refractivity contribution in [3.05, 3.63) is 130 Å². The van der Waals surface area contributed by atoms with Gasteiger partial charge in [0.05, 0.1) is 38.3 Å². The van der Waals surface area contributed by atoms with Gasteiger partial charge in [0, 0.05) is 22.9 Å². The van der Waals surface area contributed by atoms with Crippen molar-refractivity contribution in [1.29, 1.82) is 0 Å². The van der Waals surface area contributed by atoms with Crippen LogP contribution in [0.3, 0.4) is 0 Å². The Labute approximate surface area is 315 Å². The molecule has 2 aromatic heterocycles. The number of aromatic nitrogens is 5. The van der Waals surface area contributed by atoms with E-state index in [0.29, 0.717) is 31.9 Å². The first-order valence-corrected chi connectivity index (χ1v) is 19.7. The minimum absolute atomic E-state index is 0.0329. The molecule has 16 heteroatoms. The number of sulfonamides is 1. The summed E-state index contributed by atoms with van der Waals surface area (Å²) in [6.45, 7) is -0.0627. The molecular weight excluding hydrogens is 819 g/mol. The lowest BCUT2D eigenvalue weighted by Crippen LogP contribution is -2.32. The van der Waals surface area contributed by atoms with Crippen molar-refractivity contribution in [3.63, 3.8) is 0 Å². The quantitative estimate of drug-likeness (QED) is 0.125. The van der Waals surface area contributed by atoms with Gasteiger partial charge < -0.3 is 14.2 Å². The average molecular weight is 853 g/mol. The number of nitrogens with zero attached hydrogens (tertiary/aromatic N) is 6. The van der Waals surface area contributed by atoms with Gasteiger partial charge in [-0.3, -0.25) is 0 Å². The molecule has 0 saturated heterocycles. The molecule has 268 valence electrons. The van der Waals surface area contributed by atoms with E-state index in [1.807, 2.05) is 34.7 Å². The van der Waals surface area contributed by atoms with E-state index in [9.17, 15) is 8.42 Å². The zero-order chi connectivity index (χ0) is 36.9. The van der Waals surface area contributed by atoms with Crippen molar-refractivity contribution in [3.8, 4) is 28.6 Å². The molecule has 0 aliphatic carbocycles. The predicted molar refractivity (Wildman–Crippen MR) is 200 cm³/mol. The van der Waals surface area contributed by atoms with Crippen molar-refractivity contribution in [1.82, 2.24) is 29.5 Å². The van der Waals surface area contributed by atoms with Crippen LogP contribution in [0.15, 0.2) is 124 Å². The second-order valence-corrected chi connectivity index (χ2v) is 16.3. The van der Waals surface area contributed by atoms with Crippen molar-refractivity contribution < 1.29 is 31.0 Å². The SMILES string of the molecule is COc1ccc(CN(Cc2ccc(OC)cc2)S(=O)(=O)c2c(S(=O)(=O)c3ccccn3)ccc(I)c2-c2nnnn2Cc2ccc(OC)cc2)cc1. The van der Waals surface area contributed by atoms with Crippen LogP contribution in [-0.2, 0) is 39.5 Å². The molecule has 0 aliphatic rings. The highest BCUT2D eigenvalue weighted by Gasteiger charge is 2.38. The van der Waals surface area contributed by atoms with Gasteiger partial charge in [-0.25, -0.2) is 26.5 Å². The first kappa shape index (κ1) is 36.9. The van der Waals surface area contributed by atoms with E-state index >= 15 is 8.42 Å². The molecule has 0 fully saturated rings. The summed E-state index contributed by atoms with van der Waals surface area (Å²) in [5.74, 6) is 1.91. The summed E-state index contributed by atoms with van der Waals surface area (Å²) in [7, 11) is -4.55. The number of rotatable bonds is 14. The number of methoxy groups -OCH3 is 3. The van der Waals surface area contributed by atoms with Crippen LogP contribution in [0.25, 0.3) is 11.4 Å². The Hall–Kier alpha value is -4.91. The molecule has 0 unspecified atom stereocenters. The molecule has 0 amide bonds. The minimum Gasteiger partial charge on any atom is -0.497 e. The van der Waals surface area contributed by atoms with Gasteiger partial charge in [-0.05, 0) is 110 Å². The molecule has 0 spiro atoms. The summed E-state index contributed by atoms with van der Waals surface area (Å²) in [5, 5.41) is 12.0. The number of hydrogen-bond donors (Lipinski definition) is 0. The van der Waals surface area contributed by atoms with Crippen LogP contribution in [0.1, 0.15) is 16.7 Å². The van der Waals surface area contributed by atoms with Crippen LogP contribution in [0.5, 0.6) is 17.2 Å². The first-order valence-electron chi connectivity index (χ1n) is 15.7. The van der Waals surface area contributed by atoms with Crippen LogP contribution in [-0.4, -0.2) is 67.7 Å². The van der Waals surface area contributed by atoms with E-state index < -0.39 is 29.7 Å². The number of ether oxygens (including phenoxy) is 3. The largest absolute Gasteiger partial charge is 0.497 e. The maximum absolute atomic E-state index is 15.4. The van der Waals surface area contributed by atoms with Gasteiger partial charge >= 0.3 is 0 Å². The molecule has 13 nitrogen and oxygen atoms in total. The van der Waals surface area contributed by atoms with Crippen LogP contribution < -0.4 is 14.2 Å². The Balaban J connectivity index is 1.58. The molecule has 0 saturated carbocycles. The Morgan fingerprint density at radius 2 is 1.23 bits per heavy atom. The maximum Gasteiger partial charge on any atom is 0.245 e. The lowest BCUT2D eigenvalue weighted by Gasteiger charge is -2.26. The van der Waals surface area contributed by atoms with Gasteiger partial charge in [-0.2, -0.15) is 4.31 Å². The van der Waals surface area contributed by atoms with E-state index in [2.05, 4.69) is 20.5 Å². The van der Waals surface area contributed by atoms with Gasteiger partial charge in [-0.15, -0.1) is 5.10 Å². The third kappa shape index (κ3) is 7.79. The topological polar surface area (TPSA) is 156 Å². The van der Waals surface area contributed by atoms with Crippen LogP contribution in [0.2, 0.25) is 0 Å². The highest BCUT2D eigenvalue weighted by atomic mass is 127. The molecule has 4 aromatic carbocycles. The summed E-state index contributed by atoms with van der Waals surface area (Å²) in [6, 6.07) is 28.4. The summed E-state index contributed by atoms with van der Waals surface area (Å²) in [5.41, 5.74) is 2.12. The van der Waals surface area contributed by atoms with Crippen molar-refractivity contribution in [2.45, 2.75) is 34.5 Å². The van der Waals surface area contributed by atoms with Crippen molar-refractivity contribution >= 4 is 42.5 Å². The van der Waals surface area contributed by atoms with E-state index in [0.717, 1.165) is 5.56 Å². The smallest absolute Gasteiger partial charge is 0.245 e. The van der Waals surface area contributed by atoms with Crippen LogP contribution in [0.4, 0.5) is 0 Å². The molecule has 0 atom stereocenters. The second-order valence-electron chi connectivity index (χ2n) is 11.4. The second kappa shape index (κ2) is 15.8. The summed E-state index contributed by atoms with van der Waals surface area (Å²) < 4.78 is 78.6. The van der Waals surface area contributed by atoms with Gasteiger partial charge in [0.2, 0.25) is 19.9 Å². The third-order valence-electron chi connectivity index (χ3n) is 8.15. The summed E-state index contributed by atoms with van der Waals surface area (Å²) >= 11 is 1.98. The van der Waals surface area contributed by atoms with Crippen LogP contribution >= 0.6 is 22.6 Å². The number of benzene rings is 4. The van der Waals surface area contributed by atoms with Crippen molar-refractivity contribution in [2.24, 2.45) is 0 Å². The van der Waals surface area contributed by atoms with Crippen molar-refractivity contribution in [2.75, 3.05) is 21.3 Å². The summed E-state index contributed by atoms with van der Waals surface area (Å²) in [4.78, 5) is 3.15. The number of halogens is 1. The molecular formula is C36H33IN6O7S2. The fourth-order valence-electron chi connectivity index (χ4n) is 5.45. The molecule has 0 radical (unpaired) electrons. The average Bonchev–Trinajstić information content (AvgIpc) is 3.62. The predicted octanol–water partition coefficient (Wildman–Crippen LogP) is 5.64. The normalized spacial score (nSPS) is 11.8. The zero-order valence-electron chi connectivity index (χ0n) is 28.2. The third-order valence-corrected chi connectivity index (χ3v) is 12.8. The Morgan fingerprint density at radius 1 is 0.692 bits per heavy atom. The van der Waals surface area contributed by atoms with Gasteiger partial charge in [0.15, 0.2) is 10.9 Å². The van der Waals surface area contributed by atoms with E-state index in [4.69, 9.17) is 14.2 Å². The molecule has 52 heavy (non-hydrogen) atoms. The maximum atomic E-state index is 15.4. The molecule has 6 aromatic rings. The Morgan fingerprint density at radius 3 is 1.73 bits per heavy atom. The molecule has 0 N–H and O–H groups in total. The first-order chi connectivity index (χ1) is 25.0. The lowest BCUT2D eigenvalue weighted by atomic mass is 10.2. The fraction of sp³-hybridized carbons (Fsp3) is 0.167. The van der Waals surface area contributed by atoms with Gasteiger partial charge in [0.1, 0.15) is 22.1 Å². The zero-order valence-corrected chi connectivity index (χ0v) is 32.0. The van der Waals surface area contributed by atoms with Gasteiger partial charge in [0.25, 0.3) is 0 Å². The fourth-order valence-corrected chi connectivity index (χ4v) is 9.92. The highest BCUT2D eigenvalue weighted by molar-refractivity contribution is 14.1. The number of sulfone groups is 1. The minimum atomic E-state index is -4.69. The van der Waals surface area contributed by atoms with E-state index in [1.54, 1.807) is 88.1 Å². The van der Waals surface area contributed by atoms with Gasteiger partial charge in [-0.1, -0.05) is 42.5 Å². The number of tetrazole rings is 1. The molecule has 0 aliphatic heterocycles. The number of pyridine rings is 1. The standard InChI is InChI=1S/C36H33IN6O7S2/c1-48-28-13-7-25(8-14-28)22-42(23-26-9-15-29(49-2)16-10-26)52(46,47)35-32(51(44,45)33-6-4-5-21-38-33)20-19-31(37)34(35)36-39-40-41-43(36)24-27-11-17-30(50-3)18-12-27/h4-21H,22-24H2,1-3H3. The molecule has 2 heterocycles. The Bertz CT molecular complexity index is 2330. The summed E-state index contributed by atoms with van der Waals surface area (Å²) in [6.07, 6.45) is 1.34.